The van der Waals surface area contributed by atoms with Crippen molar-refractivity contribution in [1.29, 1.82) is 0 Å². The van der Waals surface area contributed by atoms with E-state index < -0.39 is 5.60 Å². The summed E-state index contributed by atoms with van der Waals surface area (Å²) < 4.78 is 5.28. The van der Waals surface area contributed by atoms with Crippen molar-refractivity contribution in [2.75, 3.05) is 6.26 Å². The van der Waals surface area contributed by atoms with Gasteiger partial charge < -0.3 is 4.74 Å². The number of esters is 1. The molecule has 0 bridgehead atoms. The van der Waals surface area contributed by atoms with E-state index in [1.54, 1.807) is 11.8 Å². The van der Waals surface area contributed by atoms with Gasteiger partial charge in [-0.15, -0.1) is 0 Å². The van der Waals surface area contributed by atoms with E-state index in [2.05, 4.69) is 6.26 Å². The van der Waals surface area contributed by atoms with Gasteiger partial charge in [0, 0.05) is 5.75 Å². The van der Waals surface area contributed by atoms with Crippen molar-refractivity contribution in [3.8, 4) is 0 Å². The first kappa shape index (κ1) is 13.1. The van der Waals surface area contributed by atoms with Gasteiger partial charge in [0.05, 0.1) is 5.56 Å². The summed E-state index contributed by atoms with van der Waals surface area (Å²) >= 11 is 1.76. The number of ether oxygens (including phenoxy) is 1. The average Bonchev–Trinajstić information content (AvgIpc) is 2.16. The molecule has 88 valence electrons. The molecule has 0 radical (unpaired) electrons. The third-order valence-electron chi connectivity index (χ3n) is 1.90. The molecule has 0 aliphatic heterocycles. The number of benzene rings is 1. The van der Waals surface area contributed by atoms with Crippen LogP contribution in [0.3, 0.4) is 0 Å². The van der Waals surface area contributed by atoms with Crippen LogP contribution in [-0.2, 0) is 10.5 Å². The first-order valence-corrected chi connectivity index (χ1v) is 6.63. The summed E-state index contributed by atoms with van der Waals surface area (Å²) in [7, 11) is 0. The second-order valence-electron chi connectivity index (χ2n) is 4.63. The average molecular weight is 238 g/mol. The molecule has 0 aliphatic rings. The summed E-state index contributed by atoms with van der Waals surface area (Å²) in [6.07, 6.45) is 2.06. The van der Waals surface area contributed by atoms with Crippen LogP contribution in [-0.4, -0.2) is 17.8 Å². The topological polar surface area (TPSA) is 26.3 Å². The van der Waals surface area contributed by atoms with E-state index in [9.17, 15) is 4.79 Å². The van der Waals surface area contributed by atoms with Gasteiger partial charge in [0.25, 0.3) is 0 Å². The Morgan fingerprint density at radius 1 is 1.25 bits per heavy atom. The molecule has 0 saturated heterocycles. The molecule has 0 N–H and O–H groups in total. The van der Waals surface area contributed by atoms with E-state index in [0.717, 1.165) is 5.75 Å². The van der Waals surface area contributed by atoms with Gasteiger partial charge in [-0.05, 0) is 44.7 Å². The molecule has 0 spiro atoms. The minimum Gasteiger partial charge on any atom is -0.456 e. The van der Waals surface area contributed by atoms with Crippen LogP contribution in [0.1, 0.15) is 36.7 Å². The third-order valence-corrected chi connectivity index (χ3v) is 2.52. The molecule has 1 aromatic rings. The predicted octanol–water partition coefficient (Wildman–Crippen LogP) is 3.50. The third kappa shape index (κ3) is 4.27. The Bertz CT molecular complexity index is 349. The lowest BCUT2D eigenvalue weighted by Crippen LogP contribution is -2.23. The molecule has 3 heteroatoms. The fraction of sp³-hybridized carbons (Fsp3) is 0.462. The van der Waals surface area contributed by atoms with E-state index in [-0.39, 0.29) is 5.97 Å². The van der Waals surface area contributed by atoms with Gasteiger partial charge in [-0.1, -0.05) is 12.1 Å². The van der Waals surface area contributed by atoms with E-state index >= 15 is 0 Å². The maximum Gasteiger partial charge on any atom is 0.338 e. The lowest BCUT2D eigenvalue weighted by atomic mass is 10.1. The SMILES string of the molecule is CSCc1ccc(C(=O)OC(C)(C)C)cc1. The molecular formula is C13H18O2S. The Kier molecular flexibility index (Phi) is 4.42. The van der Waals surface area contributed by atoms with Gasteiger partial charge in [0.2, 0.25) is 0 Å². The van der Waals surface area contributed by atoms with Crippen LogP contribution < -0.4 is 0 Å². The monoisotopic (exact) mass is 238 g/mol. The largest absolute Gasteiger partial charge is 0.456 e. The number of carbonyl (C=O) groups excluding carboxylic acids is 1. The Morgan fingerprint density at radius 2 is 1.81 bits per heavy atom. The Hall–Kier alpha value is -0.960. The highest BCUT2D eigenvalue weighted by molar-refractivity contribution is 7.97. The first-order chi connectivity index (χ1) is 7.42. The Balaban J connectivity index is 2.70. The highest BCUT2D eigenvalue weighted by Gasteiger charge is 2.17. The van der Waals surface area contributed by atoms with Gasteiger partial charge in [0.15, 0.2) is 0 Å². The van der Waals surface area contributed by atoms with Crippen molar-refractivity contribution in [3.05, 3.63) is 35.4 Å². The second kappa shape index (κ2) is 5.39. The van der Waals surface area contributed by atoms with Crippen LogP contribution >= 0.6 is 11.8 Å². The van der Waals surface area contributed by atoms with Gasteiger partial charge in [-0.3, -0.25) is 0 Å². The Morgan fingerprint density at radius 3 is 2.25 bits per heavy atom. The summed E-state index contributed by atoms with van der Waals surface area (Å²) in [5.41, 5.74) is 1.40. The standard InChI is InChI=1S/C13H18O2S/c1-13(2,3)15-12(14)11-7-5-10(6-8-11)9-16-4/h5-8H,9H2,1-4H3. The summed E-state index contributed by atoms with van der Waals surface area (Å²) in [4.78, 5) is 11.7. The molecule has 1 rings (SSSR count). The Labute approximate surface area is 101 Å². The van der Waals surface area contributed by atoms with Crippen LogP contribution in [0.5, 0.6) is 0 Å². The van der Waals surface area contributed by atoms with Crippen LogP contribution in [0.25, 0.3) is 0 Å². The molecule has 0 atom stereocenters. The summed E-state index contributed by atoms with van der Waals surface area (Å²) in [5.74, 6) is 0.706. The van der Waals surface area contributed by atoms with Gasteiger partial charge >= 0.3 is 5.97 Å². The number of carbonyl (C=O) groups is 1. The number of rotatable bonds is 3. The zero-order valence-corrected chi connectivity index (χ0v) is 11.1. The minimum atomic E-state index is -0.435. The van der Waals surface area contributed by atoms with Crippen LogP contribution in [0.2, 0.25) is 0 Å². The van der Waals surface area contributed by atoms with Crippen molar-refractivity contribution in [3.63, 3.8) is 0 Å². The molecule has 16 heavy (non-hydrogen) atoms. The zero-order chi connectivity index (χ0) is 12.2. The van der Waals surface area contributed by atoms with Gasteiger partial charge in [-0.2, -0.15) is 11.8 Å². The van der Waals surface area contributed by atoms with Crippen molar-refractivity contribution >= 4 is 17.7 Å². The van der Waals surface area contributed by atoms with E-state index in [1.807, 2.05) is 45.0 Å². The molecule has 0 fully saturated rings. The maximum atomic E-state index is 11.7. The number of hydrogen-bond acceptors (Lipinski definition) is 3. The second-order valence-corrected chi connectivity index (χ2v) is 5.50. The first-order valence-electron chi connectivity index (χ1n) is 5.23. The lowest BCUT2D eigenvalue weighted by molar-refractivity contribution is 0.00696. The quantitative estimate of drug-likeness (QED) is 0.754. The molecule has 0 heterocycles. The van der Waals surface area contributed by atoms with Crippen LogP contribution in [0.4, 0.5) is 0 Å². The highest BCUT2D eigenvalue weighted by atomic mass is 32.2. The predicted molar refractivity (Wildman–Crippen MR) is 68.8 cm³/mol. The number of thioether (sulfide) groups is 1. The van der Waals surface area contributed by atoms with Crippen molar-refractivity contribution in [2.24, 2.45) is 0 Å². The fourth-order valence-electron chi connectivity index (χ4n) is 1.24. The maximum absolute atomic E-state index is 11.7. The zero-order valence-electron chi connectivity index (χ0n) is 10.2. The molecule has 1 aromatic carbocycles. The number of hydrogen-bond donors (Lipinski definition) is 0. The van der Waals surface area contributed by atoms with Crippen LogP contribution in [0, 0.1) is 0 Å². The molecule has 0 aliphatic carbocycles. The molecule has 0 saturated carbocycles. The molecule has 2 nitrogen and oxygen atoms in total. The van der Waals surface area contributed by atoms with E-state index in [4.69, 9.17) is 4.74 Å². The highest BCUT2D eigenvalue weighted by Crippen LogP contribution is 2.14. The van der Waals surface area contributed by atoms with Crippen LogP contribution in [0.15, 0.2) is 24.3 Å². The normalized spacial score (nSPS) is 11.2. The van der Waals surface area contributed by atoms with E-state index in [1.165, 1.54) is 5.56 Å². The van der Waals surface area contributed by atoms with Crippen molar-refractivity contribution in [1.82, 2.24) is 0 Å². The van der Waals surface area contributed by atoms with Crippen molar-refractivity contribution in [2.45, 2.75) is 32.1 Å². The molecular weight excluding hydrogens is 220 g/mol. The smallest absolute Gasteiger partial charge is 0.338 e. The summed E-state index contributed by atoms with van der Waals surface area (Å²) in [5, 5.41) is 0. The molecule has 0 aromatic heterocycles. The van der Waals surface area contributed by atoms with Crippen molar-refractivity contribution < 1.29 is 9.53 Å². The lowest BCUT2D eigenvalue weighted by Gasteiger charge is -2.19. The molecule has 0 amide bonds. The fourth-order valence-corrected chi connectivity index (χ4v) is 1.77. The van der Waals surface area contributed by atoms with Gasteiger partial charge in [0.1, 0.15) is 5.60 Å². The van der Waals surface area contributed by atoms with E-state index in [0.29, 0.717) is 5.56 Å². The molecule has 0 unspecified atom stereocenters. The summed E-state index contributed by atoms with van der Waals surface area (Å²) in [6.45, 7) is 5.60. The minimum absolute atomic E-state index is 0.261. The summed E-state index contributed by atoms with van der Waals surface area (Å²) in [6, 6.07) is 7.57. The van der Waals surface area contributed by atoms with Gasteiger partial charge in [-0.25, -0.2) is 4.79 Å².